The molecular weight excluding hydrogens is 250 g/mol. The Balaban J connectivity index is 2.00. The summed E-state index contributed by atoms with van der Waals surface area (Å²) in [6.45, 7) is 8.00. The van der Waals surface area contributed by atoms with Gasteiger partial charge in [0, 0.05) is 13.1 Å². The van der Waals surface area contributed by atoms with Crippen LogP contribution in [0.1, 0.15) is 38.7 Å². The Bertz CT molecular complexity index is 441. The molecule has 1 aromatic carbocycles. The van der Waals surface area contributed by atoms with Crippen LogP contribution in [-0.2, 0) is 4.79 Å². The number of nitrogens with zero attached hydrogens (tertiary/aromatic N) is 1. The van der Waals surface area contributed by atoms with E-state index in [0.29, 0.717) is 12.3 Å². The Hall–Kier alpha value is -1.51. The van der Waals surface area contributed by atoms with E-state index in [0.717, 1.165) is 25.3 Å². The molecule has 1 fully saturated rings. The van der Waals surface area contributed by atoms with Crippen LogP contribution in [0.15, 0.2) is 24.3 Å². The molecule has 1 saturated heterocycles. The van der Waals surface area contributed by atoms with E-state index < -0.39 is 0 Å². The summed E-state index contributed by atoms with van der Waals surface area (Å²) in [5, 5.41) is 0. The van der Waals surface area contributed by atoms with Gasteiger partial charge in [0.25, 0.3) is 5.91 Å². The highest BCUT2D eigenvalue weighted by atomic mass is 16.5. The van der Waals surface area contributed by atoms with Gasteiger partial charge < -0.3 is 9.64 Å². The molecule has 0 bridgehead atoms. The van der Waals surface area contributed by atoms with E-state index in [1.165, 1.54) is 12.0 Å². The molecule has 0 saturated carbocycles. The summed E-state index contributed by atoms with van der Waals surface area (Å²) in [6, 6.07) is 7.89. The molecule has 3 nitrogen and oxygen atoms in total. The van der Waals surface area contributed by atoms with Crippen LogP contribution in [0.4, 0.5) is 0 Å². The first kappa shape index (κ1) is 14.9. The van der Waals surface area contributed by atoms with E-state index in [1.54, 1.807) is 0 Å². The smallest absolute Gasteiger partial charge is 0.263 e. The summed E-state index contributed by atoms with van der Waals surface area (Å²) in [5.41, 5.74) is 1.20. The summed E-state index contributed by atoms with van der Waals surface area (Å²) in [5.74, 6) is 1.52. The predicted molar refractivity (Wildman–Crippen MR) is 80.9 cm³/mol. The van der Waals surface area contributed by atoms with Crippen molar-refractivity contribution in [1.82, 2.24) is 4.90 Å². The largest absolute Gasteiger partial charge is 0.481 e. The highest BCUT2D eigenvalue weighted by molar-refractivity contribution is 5.81. The van der Waals surface area contributed by atoms with Crippen LogP contribution in [0.3, 0.4) is 0 Å². The fraction of sp³-hybridized carbons (Fsp3) is 0.588. The molecular formula is C17H25NO2. The molecule has 0 aromatic heterocycles. The number of carbonyl (C=O) groups is 1. The third-order valence-electron chi connectivity index (χ3n) is 3.91. The van der Waals surface area contributed by atoms with Crippen molar-refractivity contribution >= 4 is 5.91 Å². The van der Waals surface area contributed by atoms with Gasteiger partial charge in [-0.2, -0.15) is 0 Å². The first-order valence-corrected chi connectivity index (χ1v) is 7.62. The van der Waals surface area contributed by atoms with Gasteiger partial charge in [-0.1, -0.05) is 31.5 Å². The number of ether oxygens (including phenoxy) is 1. The molecule has 1 aliphatic rings. The minimum Gasteiger partial charge on any atom is -0.481 e. The van der Waals surface area contributed by atoms with Crippen molar-refractivity contribution < 1.29 is 9.53 Å². The minimum absolute atomic E-state index is 0.139. The SMILES string of the molecule is CC[C@H](Oc1ccc(C)cc1)C(=O)N1CCC[C@H](C)C1. The van der Waals surface area contributed by atoms with E-state index in [-0.39, 0.29) is 12.0 Å². The van der Waals surface area contributed by atoms with Gasteiger partial charge in [0.1, 0.15) is 5.75 Å². The normalized spacial score (nSPS) is 20.6. The summed E-state index contributed by atoms with van der Waals surface area (Å²) >= 11 is 0. The van der Waals surface area contributed by atoms with Crippen molar-refractivity contribution in [3.05, 3.63) is 29.8 Å². The Morgan fingerprint density at radius 3 is 2.70 bits per heavy atom. The van der Waals surface area contributed by atoms with E-state index in [9.17, 15) is 4.79 Å². The van der Waals surface area contributed by atoms with Gasteiger partial charge in [0.2, 0.25) is 0 Å². The van der Waals surface area contributed by atoms with E-state index >= 15 is 0 Å². The number of carbonyl (C=O) groups excluding carboxylic acids is 1. The number of hydrogen-bond acceptors (Lipinski definition) is 2. The summed E-state index contributed by atoms with van der Waals surface area (Å²) in [4.78, 5) is 14.5. The number of aryl methyl sites for hydroxylation is 1. The monoisotopic (exact) mass is 275 g/mol. The van der Waals surface area contributed by atoms with Crippen LogP contribution in [0.2, 0.25) is 0 Å². The van der Waals surface area contributed by atoms with Crippen LogP contribution >= 0.6 is 0 Å². The number of likely N-dealkylation sites (tertiary alicyclic amines) is 1. The van der Waals surface area contributed by atoms with Crippen molar-refractivity contribution in [3.8, 4) is 5.75 Å². The van der Waals surface area contributed by atoms with Crippen molar-refractivity contribution in [2.24, 2.45) is 5.92 Å². The van der Waals surface area contributed by atoms with Crippen LogP contribution in [0.5, 0.6) is 5.75 Å². The van der Waals surface area contributed by atoms with Gasteiger partial charge in [-0.25, -0.2) is 0 Å². The van der Waals surface area contributed by atoms with Gasteiger partial charge in [-0.05, 0) is 44.2 Å². The van der Waals surface area contributed by atoms with Gasteiger partial charge >= 0.3 is 0 Å². The molecule has 0 unspecified atom stereocenters. The van der Waals surface area contributed by atoms with Crippen molar-refractivity contribution in [2.75, 3.05) is 13.1 Å². The van der Waals surface area contributed by atoms with E-state index in [1.807, 2.05) is 43.0 Å². The Morgan fingerprint density at radius 1 is 1.40 bits per heavy atom. The number of piperidine rings is 1. The zero-order valence-corrected chi connectivity index (χ0v) is 12.8. The maximum Gasteiger partial charge on any atom is 0.263 e. The minimum atomic E-state index is -0.358. The second-order valence-electron chi connectivity index (χ2n) is 5.86. The highest BCUT2D eigenvalue weighted by Crippen LogP contribution is 2.20. The number of benzene rings is 1. The molecule has 2 atom stereocenters. The lowest BCUT2D eigenvalue weighted by Crippen LogP contribution is -2.46. The maximum atomic E-state index is 12.5. The third kappa shape index (κ3) is 3.75. The fourth-order valence-corrected chi connectivity index (χ4v) is 2.68. The molecule has 0 radical (unpaired) electrons. The standard InChI is InChI=1S/C17H25NO2/c1-4-16(20-15-9-7-13(2)8-10-15)17(19)18-11-5-6-14(3)12-18/h7-10,14,16H,4-6,11-12H2,1-3H3/t14-,16-/m0/s1. The van der Waals surface area contributed by atoms with Gasteiger partial charge in [0.15, 0.2) is 6.10 Å². The molecule has 110 valence electrons. The Morgan fingerprint density at radius 2 is 2.10 bits per heavy atom. The zero-order chi connectivity index (χ0) is 14.5. The second kappa shape index (κ2) is 6.78. The number of amides is 1. The molecule has 2 rings (SSSR count). The van der Waals surface area contributed by atoms with Crippen molar-refractivity contribution in [2.45, 2.75) is 46.1 Å². The highest BCUT2D eigenvalue weighted by Gasteiger charge is 2.27. The lowest BCUT2D eigenvalue weighted by atomic mass is 9.99. The quantitative estimate of drug-likeness (QED) is 0.842. The molecule has 0 spiro atoms. The first-order valence-electron chi connectivity index (χ1n) is 7.62. The van der Waals surface area contributed by atoms with Gasteiger partial charge in [-0.15, -0.1) is 0 Å². The second-order valence-corrected chi connectivity index (χ2v) is 5.86. The van der Waals surface area contributed by atoms with Crippen LogP contribution in [0.25, 0.3) is 0 Å². The molecule has 1 aromatic rings. The molecule has 1 heterocycles. The van der Waals surface area contributed by atoms with Crippen LogP contribution in [0, 0.1) is 12.8 Å². The van der Waals surface area contributed by atoms with E-state index in [4.69, 9.17) is 4.74 Å². The average Bonchev–Trinajstić information content (AvgIpc) is 2.46. The fourth-order valence-electron chi connectivity index (χ4n) is 2.68. The Kier molecular flexibility index (Phi) is 5.05. The van der Waals surface area contributed by atoms with Crippen molar-refractivity contribution in [3.63, 3.8) is 0 Å². The van der Waals surface area contributed by atoms with Crippen molar-refractivity contribution in [1.29, 1.82) is 0 Å². The summed E-state index contributed by atoms with van der Waals surface area (Å²) in [6.07, 6.45) is 2.67. The van der Waals surface area contributed by atoms with Gasteiger partial charge in [0.05, 0.1) is 0 Å². The zero-order valence-electron chi connectivity index (χ0n) is 12.8. The number of hydrogen-bond donors (Lipinski definition) is 0. The van der Waals surface area contributed by atoms with E-state index in [2.05, 4.69) is 6.92 Å². The average molecular weight is 275 g/mol. The molecule has 3 heteroatoms. The predicted octanol–water partition coefficient (Wildman–Crippen LogP) is 3.41. The third-order valence-corrected chi connectivity index (χ3v) is 3.91. The Labute approximate surface area is 121 Å². The van der Waals surface area contributed by atoms with Crippen LogP contribution < -0.4 is 4.74 Å². The molecule has 0 N–H and O–H groups in total. The molecule has 1 amide bonds. The van der Waals surface area contributed by atoms with Gasteiger partial charge in [-0.3, -0.25) is 4.79 Å². The molecule has 20 heavy (non-hydrogen) atoms. The maximum absolute atomic E-state index is 12.5. The molecule has 1 aliphatic heterocycles. The summed E-state index contributed by atoms with van der Waals surface area (Å²) in [7, 11) is 0. The molecule has 0 aliphatic carbocycles. The summed E-state index contributed by atoms with van der Waals surface area (Å²) < 4.78 is 5.88. The number of rotatable bonds is 4. The lowest BCUT2D eigenvalue weighted by Gasteiger charge is -2.33. The lowest BCUT2D eigenvalue weighted by molar-refractivity contribution is -0.140. The van der Waals surface area contributed by atoms with Crippen LogP contribution in [-0.4, -0.2) is 30.0 Å². The topological polar surface area (TPSA) is 29.5 Å². The first-order chi connectivity index (χ1) is 9.60.